The average Bonchev–Trinajstić information content (AvgIpc) is 2.70. The molecule has 0 aliphatic rings. The smallest absolute Gasteiger partial charge is 0.233 e. The zero-order valence-corrected chi connectivity index (χ0v) is 14.6. The van der Waals surface area contributed by atoms with Crippen LogP contribution in [-0.4, -0.2) is 87.4 Å². The summed E-state index contributed by atoms with van der Waals surface area (Å²) >= 11 is 0. The molecule has 0 aliphatic heterocycles. The summed E-state index contributed by atoms with van der Waals surface area (Å²) in [5.41, 5.74) is 0.156. The molecule has 0 heterocycles. The Kier molecular flexibility index (Phi) is 7.70. The van der Waals surface area contributed by atoms with Crippen LogP contribution in [0.2, 0.25) is 0 Å². The predicted octanol–water partition coefficient (Wildman–Crippen LogP) is -2.00. The van der Waals surface area contributed by atoms with Gasteiger partial charge in [-0.15, -0.1) is 0 Å². The second-order valence-electron chi connectivity index (χ2n) is 5.43. The number of hydrogen-bond acceptors (Lipinski definition) is 10. The van der Waals surface area contributed by atoms with Crippen molar-refractivity contribution in [1.29, 1.82) is 0 Å². The minimum absolute atomic E-state index is 0.0197. The van der Waals surface area contributed by atoms with Crippen LogP contribution in [0.5, 0.6) is 17.2 Å². The highest BCUT2D eigenvalue weighted by atomic mass is 16.5. The number of hydrogen-bond donors (Lipinski definition) is 6. The van der Waals surface area contributed by atoms with Crippen molar-refractivity contribution in [1.82, 2.24) is 0 Å². The zero-order valence-electron chi connectivity index (χ0n) is 15.6. The van der Waals surface area contributed by atoms with Gasteiger partial charge >= 0.3 is 0 Å². The molecule has 0 saturated heterocycles. The molecule has 0 aliphatic carbocycles. The summed E-state index contributed by atoms with van der Waals surface area (Å²) in [4.78, 5) is 24.0. The lowest BCUT2D eigenvalue weighted by atomic mass is 9.98. The highest BCUT2D eigenvalue weighted by molar-refractivity contribution is 6.43. The Labute approximate surface area is 155 Å². The molecule has 10 heteroatoms. The summed E-state index contributed by atoms with van der Waals surface area (Å²) in [7, 11) is 2.53. The third-order valence-electron chi connectivity index (χ3n) is 3.62. The van der Waals surface area contributed by atoms with Gasteiger partial charge in [0, 0.05) is 0 Å². The monoisotopic (exact) mass is 387 g/mol. The van der Waals surface area contributed by atoms with Crippen molar-refractivity contribution >= 4 is 17.6 Å². The number of rotatable bonds is 10. The van der Waals surface area contributed by atoms with Crippen LogP contribution in [0.4, 0.5) is 0 Å². The Bertz CT molecular complexity index is 722. The van der Waals surface area contributed by atoms with Crippen molar-refractivity contribution in [2.75, 3.05) is 20.8 Å². The molecule has 0 bridgehead atoms. The summed E-state index contributed by atoms with van der Waals surface area (Å²) in [6.07, 6.45) is -7.71. The maximum Gasteiger partial charge on any atom is 0.233 e. The Balaban J connectivity index is 3.07. The second kappa shape index (κ2) is 10.00. The van der Waals surface area contributed by atoms with Gasteiger partial charge < -0.3 is 40.1 Å². The van der Waals surface area contributed by atoms with Gasteiger partial charge in [-0.1, -0.05) is 6.08 Å². The molecule has 4 atom stereocenters. The molecule has 1 aromatic rings. The molecule has 0 spiro atoms. The van der Waals surface area contributed by atoms with Crippen LogP contribution >= 0.6 is 0 Å². The summed E-state index contributed by atoms with van der Waals surface area (Å²) in [5, 5.41) is 56.7. The van der Waals surface area contributed by atoms with Crippen molar-refractivity contribution in [2.45, 2.75) is 24.4 Å². The van der Waals surface area contributed by atoms with Gasteiger partial charge in [0.05, 0.1) is 22.2 Å². The fourth-order valence-corrected chi connectivity index (χ4v) is 2.03. The first-order valence-electron chi connectivity index (χ1n) is 8.13. The quantitative estimate of drug-likeness (QED) is 0.194. The van der Waals surface area contributed by atoms with Crippen molar-refractivity contribution in [2.24, 2.45) is 0 Å². The van der Waals surface area contributed by atoms with E-state index in [4.69, 9.17) is 16.0 Å². The molecule has 6 N–H and O–H groups in total. The van der Waals surface area contributed by atoms with Gasteiger partial charge in [0.25, 0.3) is 0 Å². The normalized spacial score (nSPS) is 16.7. The van der Waals surface area contributed by atoms with Crippen molar-refractivity contribution in [3.63, 3.8) is 0 Å². The van der Waals surface area contributed by atoms with Crippen molar-refractivity contribution in [3.8, 4) is 17.2 Å². The summed E-state index contributed by atoms with van der Waals surface area (Å²) in [5.74, 6) is -3.44. The molecule has 0 radical (unpaired) electrons. The van der Waals surface area contributed by atoms with E-state index in [1.165, 1.54) is 26.4 Å². The molecule has 150 valence electrons. The Morgan fingerprint density at radius 1 is 1.11 bits per heavy atom. The Morgan fingerprint density at radius 2 is 1.63 bits per heavy atom. The van der Waals surface area contributed by atoms with Crippen LogP contribution in [0.15, 0.2) is 18.2 Å². The number of Topliss-reactive ketones (excluding diaryl/α,β-unsaturated/α-hetero) is 1. The van der Waals surface area contributed by atoms with E-state index in [-0.39, 0.29) is 22.8 Å². The third kappa shape index (κ3) is 5.49. The molecular weight excluding hydrogens is 364 g/mol. The highest BCUT2D eigenvalue weighted by Gasteiger charge is 2.36. The van der Waals surface area contributed by atoms with Gasteiger partial charge in [0.15, 0.2) is 11.5 Å². The first-order valence-corrected chi connectivity index (χ1v) is 7.63. The van der Waals surface area contributed by atoms with Crippen molar-refractivity contribution in [3.05, 3.63) is 23.7 Å². The number of ether oxygens (including phenoxy) is 2. The molecule has 1 rings (SSSR count). The van der Waals surface area contributed by atoms with Crippen LogP contribution in [-0.2, 0) is 9.59 Å². The molecule has 0 aromatic heterocycles. The molecule has 0 amide bonds. The van der Waals surface area contributed by atoms with Crippen LogP contribution in [0.3, 0.4) is 0 Å². The van der Waals surface area contributed by atoms with E-state index in [0.29, 0.717) is 0 Å². The first-order chi connectivity index (χ1) is 13.1. The van der Waals surface area contributed by atoms with Crippen LogP contribution in [0.1, 0.15) is 6.93 Å². The largest absolute Gasteiger partial charge is 0.502 e. The van der Waals surface area contributed by atoms with Crippen molar-refractivity contribution < 1.29 is 51.1 Å². The minimum Gasteiger partial charge on any atom is -0.502 e. The molecule has 0 saturated carbocycles. The first kappa shape index (κ1) is 20.8. The lowest BCUT2D eigenvalue weighted by molar-refractivity contribution is -0.152. The number of carbonyl (C=O) groups is 2. The fourth-order valence-electron chi connectivity index (χ4n) is 2.03. The highest BCUT2D eigenvalue weighted by Crippen LogP contribution is 2.37. The van der Waals surface area contributed by atoms with E-state index in [1.54, 1.807) is 0 Å². The van der Waals surface area contributed by atoms with Gasteiger partial charge in [-0.25, -0.2) is 0 Å². The Morgan fingerprint density at radius 3 is 2.07 bits per heavy atom. The van der Waals surface area contributed by atoms with Gasteiger partial charge in [-0.3, -0.25) is 9.59 Å². The van der Waals surface area contributed by atoms with E-state index >= 15 is 0 Å². The minimum atomic E-state index is -2.43. The number of allylic oxidation sites excluding steroid dienone is 1. The maximum atomic E-state index is 12.0. The number of ketones is 2. The lowest BCUT2D eigenvalue weighted by Crippen LogP contribution is -2.49. The lowest BCUT2D eigenvalue weighted by Gasteiger charge is -2.24. The maximum absolute atomic E-state index is 12.0. The molecular formula is C17H22O10. The van der Waals surface area contributed by atoms with E-state index in [9.17, 15) is 35.1 Å². The molecule has 0 fully saturated rings. The number of aromatic hydroxyl groups is 1. The summed E-state index contributed by atoms with van der Waals surface area (Å²) < 4.78 is 17.6. The van der Waals surface area contributed by atoms with Gasteiger partial charge in [-0.2, -0.15) is 0 Å². The number of aliphatic hydroxyl groups is 5. The van der Waals surface area contributed by atoms with Crippen LogP contribution in [0, 0.1) is 0 Å². The molecule has 1 aromatic carbocycles. The molecule has 0 unspecified atom stereocenters. The van der Waals surface area contributed by atoms with E-state index in [2.05, 4.69) is 0 Å². The van der Waals surface area contributed by atoms with Crippen LogP contribution < -0.4 is 9.47 Å². The number of benzene rings is 1. The van der Waals surface area contributed by atoms with E-state index in [0.717, 1.165) is 6.08 Å². The fraction of sp³-hybridized carbons (Fsp3) is 0.412. The topological polar surface area (TPSA) is 174 Å². The molecule has 10 nitrogen and oxygen atoms in total. The van der Waals surface area contributed by atoms with Gasteiger partial charge in [0.1, 0.15) is 24.4 Å². The van der Waals surface area contributed by atoms with Crippen LogP contribution in [0.25, 0.3) is 6.08 Å². The number of aliphatic hydroxyl groups excluding tert-OH is 5. The SMILES string of the molecule is [2H]/C(=C\c1cc(OC)c(O)c(OC)c1)C(=O)C(=O)[C@H](O)[C@@H](O)[C@H](O)[C@H](O)CO. The number of methoxy groups -OCH3 is 2. The summed E-state index contributed by atoms with van der Waals surface area (Å²) in [6, 6.07) is 1.65. The van der Waals surface area contributed by atoms with Gasteiger partial charge in [0.2, 0.25) is 17.3 Å². The number of carbonyl (C=O) groups excluding carboxylic acids is 2. The second-order valence-corrected chi connectivity index (χ2v) is 5.43. The zero-order chi connectivity index (χ0) is 21.6. The van der Waals surface area contributed by atoms with E-state index in [1.807, 2.05) is 0 Å². The number of phenols is 1. The third-order valence-corrected chi connectivity index (χ3v) is 3.62. The van der Waals surface area contributed by atoms with Gasteiger partial charge in [-0.05, 0) is 23.7 Å². The predicted molar refractivity (Wildman–Crippen MR) is 91.4 cm³/mol. The Hall–Kier alpha value is -2.50. The summed E-state index contributed by atoms with van der Waals surface area (Å²) in [6.45, 7) is -0.957. The van der Waals surface area contributed by atoms with E-state index < -0.39 is 48.6 Å². The average molecular weight is 387 g/mol. The molecule has 27 heavy (non-hydrogen) atoms. The standard InChI is InChI=1S/C17H22O10/c1-26-11-5-8(6-12(27-2)15(11)23)3-4-9(19)13(21)16(24)17(25)14(22)10(20)7-18/h3-6,10,14,16-18,20,22-25H,7H2,1-2H3/b4-3+/t10-,14-,16+,17+/m1/s1/i4D. The number of phenolic OH excluding ortho intramolecular Hbond substituents is 1.